The summed E-state index contributed by atoms with van der Waals surface area (Å²) in [5.41, 5.74) is 6.76. The van der Waals surface area contributed by atoms with Crippen LogP contribution in [0, 0.1) is 0 Å². The van der Waals surface area contributed by atoms with Crippen molar-refractivity contribution in [2.24, 2.45) is 10.7 Å². The van der Waals surface area contributed by atoms with Crippen LogP contribution >= 0.6 is 12.4 Å². The molecule has 0 bridgehead atoms. The molecule has 0 atom stereocenters. The molecular weight excluding hydrogens is 172 g/mol. The second kappa shape index (κ2) is 5.61. The maximum Gasteiger partial charge on any atom is 0.0977 e. The van der Waals surface area contributed by atoms with Crippen molar-refractivity contribution < 1.29 is 0 Å². The maximum atomic E-state index is 5.55. The number of nitrogens with two attached hydrogens (primary N) is 1. The van der Waals surface area contributed by atoms with Crippen molar-refractivity contribution in [1.82, 2.24) is 0 Å². The van der Waals surface area contributed by atoms with Gasteiger partial charge < -0.3 is 5.73 Å². The van der Waals surface area contributed by atoms with Crippen LogP contribution in [0.1, 0.15) is 5.56 Å². The first-order chi connectivity index (χ1) is 5.33. The van der Waals surface area contributed by atoms with Crippen LogP contribution in [0.15, 0.2) is 35.3 Å². The molecule has 12 heavy (non-hydrogen) atoms. The molecule has 1 aromatic rings. The van der Waals surface area contributed by atoms with E-state index in [1.54, 1.807) is 7.05 Å². The lowest BCUT2D eigenvalue weighted by molar-refractivity contribution is 1.25. The molecule has 0 saturated heterocycles. The van der Waals surface area contributed by atoms with Gasteiger partial charge in [-0.1, -0.05) is 30.3 Å². The zero-order valence-electron chi connectivity index (χ0n) is 7.03. The molecule has 0 unspecified atom stereocenters. The van der Waals surface area contributed by atoms with Crippen molar-refractivity contribution in [1.29, 1.82) is 0 Å². The lowest BCUT2D eigenvalue weighted by Crippen LogP contribution is -2.14. The van der Waals surface area contributed by atoms with Crippen LogP contribution in [-0.2, 0) is 6.42 Å². The summed E-state index contributed by atoms with van der Waals surface area (Å²) in [4.78, 5) is 3.88. The third-order valence-electron chi connectivity index (χ3n) is 1.52. The number of rotatable bonds is 2. The van der Waals surface area contributed by atoms with Gasteiger partial charge in [-0.05, 0) is 5.56 Å². The average Bonchev–Trinajstić information content (AvgIpc) is 2.06. The summed E-state index contributed by atoms with van der Waals surface area (Å²) in [6.07, 6.45) is 0.747. The minimum absolute atomic E-state index is 0. The fourth-order valence-electron chi connectivity index (χ4n) is 0.884. The summed E-state index contributed by atoms with van der Waals surface area (Å²) in [6, 6.07) is 10.1. The quantitative estimate of drug-likeness (QED) is 0.551. The standard InChI is InChI=1S/C9H12N2.ClH/c1-11-9(10)7-8-5-3-2-4-6-8;/h2-6H,7H2,1H3,(H2,10,11);1H. The highest BCUT2D eigenvalue weighted by Crippen LogP contribution is 1.98. The van der Waals surface area contributed by atoms with Gasteiger partial charge in [-0.3, -0.25) is 4.99 Å². The Labute approximate surface area is 78.9 Å². The fraction of sp³-hybridized carbons (Fsp3) is 0.222. The maximum absolute atomic E-state index is 5.55. The molecule has 0 amide bonds. The Morgan fingerprint density at radius 1 is 1.33 bits per heavy atom. The van der Waals surface area contributed by atoms with E-state index in [4.69, 9.17) is 5.73 Å². The predicted molar refractivity (Wildman–Crippen MR) is 54.9 cm³/mol. The minimum Gasteiger partial charge on any atom is -0.387 e. The Kier molecular flexibility index (Phi) is 5.13. The van der Waals surface area contributed by atoms with E-state index >= 15 is 0 Å². The molecule has 3 heteroatoms. The molecule has 2 nitrogen and oxygen atoms in total. The zero-order valence-corrected chi connectivity index (χ0v) is 7.84. The predicted octanol–water partition coefficient (Wildman–Crippen LogP) is 1.64. The van der Waals surface area contributed by atoms with Crippen LogP contribution in [0.4, 0.5) is 0 Å². The van der Waals surface area contributed by atoms with Gasteiger partial charge in [0.15, 0.2) is 0 Å². The van der Waals surface area contributed by atoms with Crippen molar-refractivity contribution in [2.75, 3.05) is 7.05 Å². The van der Waals surface area contributed by atoms with Gasteiger partial charge in [0, 0.05) is 13.5 Å². The number of amidine groups is 1. The normalized spacial score (nSPS) is 10.6. The molecular formula is C9H13ClN2. The van der Waals surface area contributed by atoms with E-state index in [1.165, 1.54) is 5.56 Å². The number of aliphatic imine (C=N–C) groups is 1. The second-order valence-corrected chi connectivity index (χ2v) is 2.38. The lowest BCUT2D eigenvalue weighted by atomic mass is 10.1. The molecule has 66 valence electrons. The van der Waals surface area contributed by atoms with Gasteiger partial charge in [0.25, 0.3) is 0 Å². The molecule has 0 fully saturated rings. The van der Waals surface area contributed by atoms with Gasteiger partial charge in [-0.2, -0.15) is 0 Å². The molecule has 0 aromatic heterocycles. The molecule has 0 spiro atoms. The van der Waals surface area contributed by atoms with Crippen molar-refractivity contribution in [3.63, 3.8) is 0 Å². The molecule has 2 N–H and O–H groups in total. The Hall–Kier alpha value is -1.02. The number of hydrogen-bond acceptors (Lipinski definition) is 1. The summed E-state index contributed by atoms with van der Waals surface area (Å²) in [5, 5.41) is 0. The fourth-order valence-corrected chi connectivity index (χ4v) is 0.884. The van der Waals surface area contributed by atoms with Crippen molar-refractivity contribution >= 4 is 18.2 Å². The van der Waals surface area contributed by atoms with E-state index in [0.717, 1.165) is 6.42 Å². The summed E-state index contributed by atoms with van der Waals surface area (Å²) >= 11 is 0. The van der Waals surface area contributed by atoms with Crippen LogP contribution in [-0.4, -0.2) is 12.9 Å². The van der Waals surface area contributed by atoms with Crippen LogP contribution in [0.2, 0.25) is 0 Å². The smallest absolute Gasteiger partial charge is 0.0977 e. The summed E-state index contributed by atoms with van der Waals surface area (Å²) in [7, 11) is 1.71. The number of benzene rings is 1. The monoisotopic (exact) mass is 184 g/mol. The van der Waals surface area contributed by atoms with Gasteiger partial charge in [-0.25, -0.2) is 0 Å². The van der Waals surface area contributed by atoms with Crippen molar-refractivity contribution in [2.45, 2.75) is 6.42 Å². The number of halogens is 1. The second-order valence-electron chi connectivity index (χ2n) is 2.38. The van der Waals surface area contributed by atoms with E-state index < -0.39 is 0 Å². The average molecular weight is 185 g/mol. The molecule has 0 saturated carbocycles. The van der Waals surface area contributed by atoms with Gasteiger partial charge >= 0.3 is 0 Å². The van der Waals surface area contributed by atoms with Gasteiger partial charge in [0.1, 0.15) is 0 Å². The molecule has 1 aromatic carbocycles. The molecule has 0 aliphatic rings. The molecule has 0 heterocycles. The first kappa shape index (κ1) is 11.0. The summed E-state index contributed by atoms with van der Waals surface area (Å²) in [5.74, 6) is 0.677. The van der Waals surface area contributed by atoms with Gasteiger partial charge in [0.05, 0.1) is 5.84 Å². The third-order valence-corrected chi connectivity index (χ3v) is 1.52. The van der Waals surface area contributed by atoms with Crippen LogP contribution in [0.25, 0.3) is 0 Å². The topological polar surface area (TPSA) is 38.4 Å². The highest BCUT2D eigenvalue weighted by atomic mass is 35.5. The molecule has 0 radical (unpaired) electrons. The Morgan fingerprint density at radius 2 is 1.92 bits per heavy atom. The molecule has 1 rings (SSSR count). The Balaban J connectivity index is 0.00000121. The summed E-state index contributed by atoms with van der Waals surface area (Å²) in [6.45, 7) is 0. The molecule has 0 aliphatic carbocycles. The van der Waals surface area contributed by atoms with Crippen molar-refractivity contribution in [3.05, 3.63) is 35.9 Å². The van der Waals surface area contributed by atoms with E-state index in [9.17, 15) is 0 Å². The highest BCUT2D eigenvalue weighted by molar-refractivity contribution is 5.85. The Morgan fingerprint density at radius 3 is 2.42 bits per heavy atom. The van der Waals surface area contributed by atoms with Crippen LogP contribution in [0.3, 0.4) is 0 Å². The van der Waals surface area contributed by atoms with Crippen LogP contribution < -0.4 is 5.73 Å². The zero-order chi connectivity index (χ0) is 8.10. The van der Waals surface area contributed by atoms with Gasteiger partial charge in [0.2, 0.25) is 0 Å². The largest absolute Gasteiger partial charge is 0.387 e. The first-order valence-corrected chi connectivity index (χ1v) is 3.58. The molecule has 0 aliphatic heterocycles. The van der Waals surface area contributed by atoms with Crippen LogP contribution in [0.5, 0.6) is 0 Å². The van der Waals surface area contributed by atoms with E-state index in [0.29, 0.717) is 5.84 Å². The lowest BCUT2D eigenvalue weighted by Gasteiger charge is -1.98. The minimum atomic E-state index is 0. The van der Waals surface area contributed by atoms with E-state index in [2.05, 4.69) is 4.99 Å². The third kappa shape index (κ3) is 3.39. The highest BCUT2D eigenvalue weighted by Gasteiger charge is 1.92. The van der Waals surface area contributed by atoms with E-state index in [-0.39, 0.29) is 12.4 Å². The number of nitrogens with zero attached hydrogens (tertiary/aromatic N) is 1. The van der Waals surface area contributed by atoms with Gasteiger partial charge in [-0.15, -0.1) is 12.4 Å². The first-order valence-electron chi connectivity index (χ1n) is 3.58. The van der Waals surface area contributed by atoms with E-state index in [1.807, 2.05) is 30.3 Å². The van der Waals surface area contributed by atoms with Crippen molar-refractivity contribution in [3.8, 4) is 0 Å². The number of hydrogen-bond donors (Lipinski definition) is 1. The Bertz CT molecular complexity index is 244. The SMILES string of the molecule is CN=C(N)Cc1ccccc1.Cl. The summed E-state index contributed by atoms with van der Waals surface area (Å²) < 4.78 is 0.